The topological polar surface area (TPSA) is 56.6 Å². The Balaban J connectivity index is 1.23. The molecule has 7 heteroatoms. The van der Waals surface area contributed by atoms with E-state index in [1.807, 2.05) is 17.7 Å². The summed E-state index contributed by atoms with van der Waals surface area (Å²) >= 11 is 0. The molecule has 3 heterocycles. The van der Waals surface area contributed by atoms with Crippen LogP contribution >= 0.6 is 0 Å². The first-order chi connectivity index (χ1) is 15.5. The van der Waals surface area contributed by atoms with Crippen molar-refractivity contribution in [3.05, 3.63) is 52.8 Å². The van der Waals surface area contributed by atoms with Gasteiger partial charge in [0.1, 0.15) is 0 Å². The Morgan fingerprint density at radius 3 is 2.56 bits per heavy atom. The number of carbonyl (C=O) groups excluding carboxylic acids is 1. The highest BCUT2D eigenvalue weighted by Gasteiger charge is 2.27. The maximum absolute atomic E-state index is 12.6. The molecule has 2 aliphatic rings. The number of nitrogens with one attached hydrogen (secondary N) is 1. The van der Waals surface area contributed by atoms with Crippen LogP contribution in [0.25, 0.3) is 0 Å². The van der Waals surface area contributed by atoms with Crippen LogP contribution < -0.4 is 5.32 Å². The molecule has 0 saturated carbocycles. The van der Waals surface area contributed by atoms with Crippen molar-refractivity contribution in [1.29, 1.82) is 0 Å². The van der Waals surface area contributed by atoms with Gasteiger partial charge in [0.2, 0.25) is 5.91 Å². The molecule has 174 valence electrons. The quantitative estimate of drug-likeness (QED) is 0.715. The second-order valence-electron chi connectivity index (χ2n) is 9.44. The van der Waals surface area contributed by atoms with Gasteiger partial charge < -0.3 is 10.2 Å². The molecule has 0 bridgehead atoms. The van der Waals surface area contributed by atoms with Crippen LogP contribution in [0.5, 0.6) is 0 Å². The Morgan fingerprint density at radius 1 is 1.09 bits per heavy atom. The van der Waals surface area contributed by atoms with E-state index >= 15 is 0 Å². The van der Waals surface area contributed by atoms with E-state index in [0.717, 1.165) is 49.7 Å². The summed E-state index contributed by atoms with van der Waals surface area (Å²) in [5.41, 5.74) is 4.47. The van der Waals surface area contributed by atoms with Crippen LogP contribution in [0.2, 0.25) is 0 Å². The molecule has 0 radical (unpaired) electrons. The maximum Gasteiger partial charge on any atom is 0.234 e. The Labute approximate surface area is 192 Å². The minimum atomic E-state index is 0.102. The fraction of sp³-hybridized carbons (Fsp3) is 0.600. The molecule has 0 spiro atoms. The second kappa shape index (κ2) is 10.6. The fourth-order valence-electron chi connectivity index (χ4n) is 5.07. The lowest BCUT2D eigenvalue weighted by molar-refractivity contribution is -0.123. The van der Waals surface area contributed by atoms with E-state index in [9.17, 15) is 4.79 Å². The average Bonchev–Trinajstić information content (AvgIpc) is 3.06. The van der Waals surface area contributed by atoms with Gasteiger partial charge >= 0.3 is 0 Å². The fourth-order valence-corrected chi connectivity index (χ4v) is 5.07. The van der Waals surface area contributed by atoms with Crippen LogP contribution in [0.15, 0.2) is 30.3 Å². The maximum atomic E-state index is 12.6. The van der Waals surface area contributed by atoms with Gasteiger partial charge in [-0.05, 0) is 45.8 Å². The highest BCUT2D eigenvalue weighted by atomic mass is 16.2. The number of hydrogen-bond donors (Lipinski definition) is 1. The number of rotatable bonds is 7. The molecule has 1 unspecified atom stereocenters. The average molecular weight is 439 g/mol. The zero-order chi connectivity index (χ0) is 22.5. The molecule has 2 aromatic rings. The Kier molecular flexibility index (Phi) is 7.60. The molecule has 0 aliphatic carbocycles. The summed E-state index contributed by atoms with van der Waals surface area (Å²) in [7, 11) is 2.22. The molecule has 32 heavy (non-hydrogen) atoms. The lowest BCUT2D eigenvalue weighted by Gasteiger charge is -2.42. The number of hydrogen-bond acceptors (Lipinski definition) is 5. The smallest absolute Gasteiger partial charge is 0.234 e. The number of aromatic nitrogens is 2. The Morgan fingerprint density at radius 2 is 1.84 bits per heavy atom. The lowest BCUT2D eigenvalue weighted by Crippen LogP contribution is -2.55. The summed E-state index contributed by atoms with van der Waals surface area (Å²) in [4.78, 5) is 20.0. The summed E-state index contributed by atoms with van der Waals surface area (Å²) in [6.45, 7) is 12.4. The minimum absolute atomic E-state index is 0.102. The van der Waals surface area contributed by atoms with Crippen LogP contribution in [0, 0.1) is 13.8 Å². The second-order valence-corrected chi connectivity index (χ2v) is 9.44. The summed E-state index contributed by atoms with van der Waals surface area (Å²) in [6, 6.07) is 11.0. The van der Waals surface area contributed by atoms with Gasteiger partial charge in [-0.15, -0.1) is 0 Å². The first-order valence-corrected chi connectivity index (χ1v) is 12.0. The van der Waals surface area contributed by atoms with Gasteiger partial charge in [-0.2, -0.15) is 5.10 Å². The van der Waals surface area contributed by atoms with Gasteiger partial charge in [-0.1, -0.05) is 30.3 Å². The molecule has 1 amide bonds. The number of benzene rings is 1. The number of aryl methyl sites for hydroxylation is 1. The summed E-state index contributed by atoms with van der Waals surface area (Å²) in [5, 5.41) is 7.83. The zero-order valence-electron chi connectivity index (χ0n) is 19.9. The first-order valence-electron chi connectivity index (χ1n) is 12.0. The van der Waals surface area contributed by atoms with Gasteiger partial charge in [0.05, 0.1) is 18.8 Å². The molecule has 4 rings (SSSR count). The molecule has 1 atom stereocenters. The standard InChI is InChI=1S/C25H38N6O/c1-20-24(21(2)31(27-20)17-22-8-5-4-6-9-22)16-26-25(32)19-29-12-14-30(15-13-29)23-10-7-11-28(3)18-23/h4-6,8-9,23H,7,10-19H2,1-3H3,(H,26,32). The normalized spacial score (nSPS) is 21.0. The van der Waals surface area contributed by atoms with E-state index in [4.69, 9.17) is 5.10 Å². The van der Waals surface area contributed by atoms with Crippen LogP contribution in [-0.4, -0.2) is 89.3 Å². The third-order valence-corrected chi connectivity index (χ3v) is 7.06. The third kappa shape index (κ3) is 5.77. The highest BCUT2D eigenvalue weighted by molar-refractivity contribution is 5.78. The summed E-state index contributed by atoms with van der Waals surface area (Å²) in [6.07, 6.45) is 2.60. The molecule has 1 aromatic heterocycles. The molecular weight excluding hydrogens is 400 g/mol. The van der Waals surface area contributed by atoms with Crippen molar-refractivity contribution in [2.45, 2.75) is 45.8 Å². The predicted octanol–water partition coefficient (Wildman–Crippen LogP) is 1.88. The Bertz CT molecular complexity index is 887. The Hall–Kier alpha value is -2.22. The van der Waals surface area contributed by atoms with Crippen molar-refractivity contribution in [3.8, 4) is 0 Å². The van der Waals surface area contributed by atoms with Crippen molar-refractivity contribution in [1.82, 2.24) is 29.8 Å². The van der Waals surface area contributed by atoms with E-state index in [1.165, 1.54) is 31.5 Å². The highest BCUT2D eigenvalue weighted by Crippen LogP contribution is 2.17. The number of likely N-dealkylation sites (tertiary alicyclic amines) is 1. The van der Waals surface area contributed by atoms with E-state index in [1.54, 1.807) is 0 Å². The largest absolute Gasteiger partial charge is 0.351 e. The van der Waals surface area contributed by atoms with E-state index in [-0.39, 0.29) is 5.91 Å². The van der Waals surface area contributed by atoms with Crippen LogP contribution in [0.3, 0.4) is 0 Å². The SMILES string of the molecule is Cc1nn(Cc2ccccc2)c(C)c1CNC(=O)CN1CCN(C2CCCN(C)C2)CC1. The van der Waals surface area contributed by atoms with Crippen LogP contribution in [0.1, 0.15) is 35.4 Å². The number of likely N-dealkylation sites (N-methyl/N-ethyl adjacent to an activating group) is 1. The molecule has 2 fully saturated rings. The van der Waals surface area contributed by atoms with Crippen molar-refractivity contribution < 1.29 is 4.79 Å². The molecule has 2 aliphatic heterocycles. The lowest BCUT2D eigenvalue weighted by atomic mass is 10.0. The van der Waals surface area contributed by atoms with Gasteiger partial charge in [0, 0.05) is 56.6 Å². The van der Waals surface area contributed by atoms with Gasteiger partial charge in [0.25, 0.3) is 0 Å². The van der Waals surface area contributed by atoms with E-state index in [2.05, 4.69) is 58.3 Å². The van der Waals surface area contributed by atoms with Gasteiger partial charge in [-0.25, -0.2) is 0 Å². The molecule has 1 aromatic carbocycles. The number of piperazine rings is 1. The summed E-state index contributed by atoms with van der Waals surface area (Å²) in [5.74, 6) is 0.102. The van der Waals surface area contributed by atoms with Crippen LogP contribution in [0.4, 0.5) is 0 Å². The predicted molar refractivity (Wildman–Crippen MR) is 128 cm³/mol. The minimum Gasteiger partial charge on any atom is -0.351 e. The molecule has 2 saturated heterocycles. The van der Waals surface area contributed by atoms with Crippen molar-refractivity contribution >= 4 is 5.91 Å². The van der Waals surface area contributed by atoms with E-state index < -0.39 is 0 Å². The molecule has 1 N–H and O–H groups in total. The van der Waals surface area contributed by atoms with Crippen molar-refractivity contribution in [3.63, 3.8) is 0 Å². The number of carbonyl (C=O) groups is 1. The van der Waals surface area contributed by atoms with E-state index in [0.29, 0.717) is 19.1 Å². The summed E-state index contributed by atoms with van der Waals surface area (Å²) < 4.78 is 2.04. The first kappa shape index (κ1) is 23.0. The molecular formula is C25H38N6O. The zero-order valence-corrected chi connectivity index (χ0v) is 19.9. The number of piperidine rings is 1. The monoisotopic (exact) mass is 438 g/mol. The van der Waals surface area contributed by atoms with Gasteiger partial charge in [-0.3, -0.25) is 19.3 Å². The number of nitrogens with zero attached hydrogens (tertiary/aromatic N) is 5. The van der Waals surface area contributed by atoms with Crippen LogP contribution in [-0.2, 0) is 17.9 Å². The third-order valence-electron chi connectivity index (χ3n) is 7.06. The van der Waals surface area contributed by atoms with Crippen molar-refractivity contribution in [2.75, 3.05) is 52.9 Å². The van der Waals surface area contributed by atoms with Crippen molar-refractivity contribution in [2.24, 2.45) is 0 Å². The molecule has 7 nitrogen and oxygen atoms in total. The van der Waals surface area contributed by atoms with Gasteiger partial charge in [0.15, 0.2) is 0 Å². The number of amides is 1.